The number of ether oxygens (including phenoxy) is 1. The molecule has 2 rings (SSSR count). The maximum absolute atomic E-state index is 10.2. The molecule has 17 heavy (non-hydrogen) atoms. The number of aliphatic hydroxyl groups is 1. The molecular weight excluding hydrogens is 240 g/mol. The fourth-order valence-corrected chi connectivity index (χ4v) is 1.85. The van der Waals surface area contributed by atoms with E-state index < -0.39 is 6.10 Å². The van der Waals surface area contributed by atoms with Crippen LogP contribution in [0.2, 0.25) is 5.02 Å². The van der Waals surface area contributed by atoms with E-state index in [0.29, 0.717) is 22.1 Å². The molecule has 1 aromatic carbocycles. The Morgan fingerprint density at radius 3 is 2.65 bits per heavy atom. The van der Waals surface area contributed by atoms with Crippen LogP contribution in [0.4, 0.5) is 0 Å². The van der Waals surface area contributed by atoms with Gasteiger partial charge in [0.25, 0.3) is 0 Å². The summed E-state index contributed by atoms with van der Waals surface area (Å²) in [5.74, 6) is 1.80. The van der Waals surface area contributed by atoms with E-state index in [2.05, 4.69) is 0 Å². The summed E-state index contributed by atoms with van der Waals surface area (Å²) in [4.78, 5) is 0. The van der Waals surface area contributed by atoms with Crippen molar-refractivity contribution in [1.29, 1.82) is 0 Å². The van der Waals surface area contributed by atoms with Gasteiger partial charge in [0.1, 0.15) is 23.4 Å². The molecule has 1 unspecified atom stereocenters. The molecule has 0 spiro atoms. The molecular formula is C13H13ClO3. The van der Waals surface area contributed by atoms with E-state index in [9.17, 15) is 5.11 Å². The number of methoxy groups -OCH3 is 1. The lowest BCUT2D eigenvalue weighted by Gasteiger charge is -2.13. The van der Waals surface area contributed by atoms with E-state index in [4.69, 9.17) is 20.8 Å². The van der Waals surface area contributed by atoms with Gasteiger partial charge in [-0.3, -0.25) is 0 Å². The van der Waals surface area contributed by atoms with Gasteiger partial charge >= 0.3 is 0 Å². The third-order valence-corrected chi connectivity index (χ3v) is 2.75. The van der Waals surface area contributed by atoms with Gasteiger partial charge in [0.2, 0.25) is 0 Å². The van der Waals surface area contributed by atoms with Gasteiger partial charge in [-0.2, -0.15) is 0 Å². The van der Waals surface area contributed by atoms with Crippen LogP contribution in [0.3, 0.4) is 0 Å². The number of aryl methyl sites for hydroxylation is 1. The topological polar surface area (TPSA) is 42.6 Å². The van der Waals surface area contributed by atoms with E-state index >= 15 is 0 Å². The summed E-state index contributed by atoms with van der Waals surface area (Å²) in [5, 5.41) is 10.8. The molecule has 3 nitrogen and oxygen atoms in total. The lowest BCUT2D eigenvalue weighted by atomic mass is 10.1. The number of furan rings is 1. The van der Waals surface area contributed by atoms with Crippen LogP contribution in [-0.2, 0) is 0 Å². The number of aliphatic hydroxyl groups excluding tert-OH is 1. The van der Waals surface area contributed by atoms with Crippen molar-refractivity contribution in [2.45, 2.75) is 13.0 Å². The van der Waals surface area contributed by atoms with Crippen LogP contribution >= 0.6 is 11.6 Å². The molecule has 0 bridgehead atoms. The normalized spacial score (nSPS) is 12.5. The minimum atomic E-state index is -0.877. The van der Waals surface area contributed by atoms with Crippen molar-refractivity contribution in [2.24, 2.45) is 0 Å². The number of benzene rings is 1. The molecule has 1 atom stereocenters. The van der Waals surface area contributed by atoms with Gasteiger partial charge in [-0.1, -0.05) is 11.6 Å². The van der Waals surface area contributed by atoms with E-state index in [0.717, 1.165) is 5.76 Å². The first kappa shape index (κ1) is 12.0. The summed E-state index contributed by atoms with van der Waals surface area (Å²) >= 11 is 5.91. The Labute approximate surface area is 105 Å². The molecule has 90 valence electrons. The molecule has 1 heterocycles. The molecule has 0 amide bonds. The Morgan fingerprint density at radius 1 is 1.29 bits per heavy atom. The van der Waals surface area contributed by atoms with Crippen molar-refractivity contribution in [2.75, 3.05) is 7.11 Å². The monoisotopic (exact) mass is 252 g/mol. The second kappa shape index (κ2) is 4.82. The van der Waals surface area contributed by atoms with E-state index in [1.54, 1.807) is 37.4 Å². The summed E-state index contributed by atoms with van der Waals surface area (Å²) in [6, 6.07) is 8.64. The highest BCUT2D eigenvalue weighted by Gasteiger charge is 2.18. The van der Waals surface area contributed by atoms with E-state index in [1.165, 1.54) is 0 Å². The van der Waals surface area contributed by atoms with Crippen LogP contribution in [-0.4, -0.2) is 12.2 Å². The van der Waals surface area contributed by atoms with Crippen LogP contribution < -0.4 is 4.74 Å². The van der Waals surface area contributed by atoms with Gasteiger partial charge in [-0.05, 0) is 37.3 Å². The minimum Gasteiger partial charge on any atom is -0.496 e. The molecule has 0 fully saturated rings. The first-order chi connectivity index (χ1) is 8.11. The van der Waals surface area contributed by atoms with Crippen LogP contribution in [0.25, 0.3) is 0 Å². The lowest BCUT2D eigenvalue weighted by molar-refractivity contribution is 0.183. The van der Waals surface area contributed by atoms with Crippen LogP contribution in [0.1, 0.15) is 23.2 Å². The van der Waals surface area contributed by atoms with Gasteiger partial charge in [-0.15, -0.1) is 0 Å². The number of hydrogen-bond acceptors (Lipinski definition) is 3. The number of hydrogen-bond donors (Lipinski definition) is 1. The number of halogens is 1. The zero-order valence-corrected chi connectivity index (χ0v) is 10.4. The summed E-state index contributed by atoms with van der Waals surface area (Å²) in [7, 11) is 1.55. The van der Waals surface area contributed by atoms with Crippen molar-refractivity contribution in [3.05, 3.63) is 52.4 Å². The molecule has 2 aromatic rings. The molecule has 0 saturated carbocycles. The molecule has 0 radical (unpaired) electrons. The maximum atomic E-state index is 10.2. The summed E-state index contributed by atoms with van der Waals surface area (Å²) in [6.07, 6.45) is -0.877. The largest absolute Gasteiger partial charge is 0.496 e. The SMILES string of the molecule is COc1ccc(Cl)cc1C(O)c1ccc(C)o1. The Balaban J connectivity index is 2.42. The second-order valence-electron chi connectivity index (χ2n) is 3.74. The molecule has 0 aliphatic carbocycles. The van der Waals surface area contributed by atoms with Crippen molar-refractivity contribution in [3.8, 4) is 5.75 Å². The molecule has 0 aliphatic heterocycles. The van der Waals surface area contributed by atoms with Gasteiger partial charge in [0, 0.05) is 10.6 Å². The lowest BCUT2D eigenvalue weighted by Crippen LogP contribution is -2.01. The van der Waals surface area contributed by atoms with Crippen molar-refractivity contribution < 1.29 is 14.3 Å². The zero-order chi connectivity index (χ0) is 12.4. The third kappa shape index (κ3) is 2.46. The first-order valence-corrected chi connectivity index (χ1v) is 5.57. The number of rotatable bonds is 3. The highest BCUT2D eigenvalue weighted by Crippen LogP contribution is 2.32. The third-order valence-electron chi connectivity index (χ3n) is 2.52. The minimum absolute atomic E-state index is 0.475. The highest BCUT2D eigenvalue weighted by molar-refractivity contribution is 6.30. The summed E-state index contributed by atoms with van der Waals surface area (Å²) in [5.41, 5.74) is 0.592. The maximum Gasteiger partial charge on any atom is 0.140 e. The Kier molecular flexibility index (Phi) is 3.41. The van der Waals surface area contributed by atoms with Gasteiger partial charge in [-0.25, -0.2) is 0 Å². The van der Waals surface area contributed by atoms with Gasteiger partial charge < -0.3 is 14.3 Å². The van der Waals surface area contributed by atoms with E-state index in [1.807, 2.05) is 6.92 Å². The molecule has 4 heteroatoms. The van der Waals surface area contributed by atoms with Crippen LogP contribution in [0.15, 0.2) is 34.7 Å². The second-order valence-corrected chi connectivity index (χ2v) is 4.17. The average molecular weight is 253 g/mol. The van der Waals surface area contributed by atoms with Crippen molar-refractivity contribution in [3.63, 3.8) is 0 Å². The fraction of sp³-hybridized carbons (Fsp3) is 0.231. The van der Waals surface area contributed by atoms with Crippen molar-refractivity contribution >= 4 is 11.6 Å². The van der Waals surface area contributed by atoms with Crippen molar-refractivity contribution in [1.82, 2.24) is 0 Å². The molecule has 1 N–H and O–H groups in total. The summed E-state index contributed by atoms with van der Waals surface area (Å²) in [6.45, 7) is 1.82. The zero-order valence-electron chi connectivity index (χ0n) is 9.61. The van der Waals surface area contributed by atoms with Gasteiger partial charge in [0.05, 0.1) is 7.11 Å². The predicted octanol–water partition coefficient (Wildman–Crippen LogP) is 3.33. The molecule has 0 aliphatic rings. The first-order valence-electron chi connectivity index (χ1n) is 5.19. The van der Waals surface area contributed by atoms with Crippen LogP contribution in [0.5, 0.6) is 5.75 Å². The Bertz CT molecular complexity index is 519. The van der Waals surface area contributed by atoms with E-state index in [-0.39, 0.29) is 0 Å². The standard InChI is InChI=1S/C13H13ClO3/c1-8-3-5-12(17-8)13(15)10-7-9(14)4-6-11(10)16-2/h3-7,13,15H,1-2H3. The highest BCUT2D eigenvalue weighted by atomic mass is 35.5. The van der Waals surface area contributed by atoms with Crippen LogP contribution in [0, 0.1) is 6.92 Å². The van der Waals surface area contributed by atoms with Gasteiger partial charge in [0.15, 0.2) is 0 Å². The Hall–Kier alpha value is -1.45. The quantitative estimate of drug-likeness (QED) is 0.911. The summed E-state index contributed by atoms with van der Waals surface area (Å²) < 4.78 is 10.6. The smallest absolute Gasteiger partial charge is 0.140 e. The predicted molar refractivity (Wildman–Crippen MR) is 65.5 cm³/mol. The Morgan fingerprint density at radius 2 is 2.06 bits per heavy atom. The average Bonchev–Trinajstić information content (AvgIpc) is 2.75. The molecule has 1 aromatic heterocycles. The fourth-order valence-electron chi connectivity index (χ4n) is 1.67. The molecule has 0 saturated heterocycles.